The second-order valence-electron chi connectivity index (χ2n) is 6.43. The average Bonchev–Trinajstić information content (AvgIpc) is 3.24. The van der Waals surface area contributed by atoms with Gasteiger partial charge in [0, 0.05) is 12.7 Å². The van der Waals surface area contributed by atoms with Crippen LogP contribution in [0.3, 0.4) is 0 Å². The molecule has 0 saturated heterocycles. The fourth-order valence-corrected chi connectivity index (χ4v) is 3.11. The van der Waals surface area contributed by atoms with E-state index in [2.05, 4.69) is 20.6 Å². The molecule has 2 N–H and O–H groups in total. The first-order valence-corrected chi connectivity index (χ1v) is 9.33. The summed E-state index contributed by atoms with van der Waals surface area (Å²) in [6.45, 7) is 1.92. The van der Waals surface area contributed by atoms with E-state index in [9.17, 15) is 4.79 Å². The number of benzene rings is 2. The summed E-state index contributed by atoms with van der Waals surface area (Å²) in [7, 11) is 1.87. The Morgan fingerprint density at radius 2 is 1.86 bits per heavy atom. The third kappa shape index (κ3) is 3.67. The van der Waals surface area contributed by atoms with Gasteiger partial charge in [-0.1, -0.05) is 30.3 Å². The number of rotatable bonds is 5. The third-order valence-electron chi connectivity index (χ3n) is 4.60. The molecule has 0 unspecified atom stereocenters. The lowest BCUT2D eigenvalue weighted by Gasteiger charge is -2.07. The smallest absolute Gasteiger partial charge is 0.295 e. The molecular weight excluding hydrogens is 386 g/mol. The van der Waals surface area contributed by atoms with Crippen molar-refractivity contribution in [3.8, 4) is 5.69 Å². The zero-order chi connectivity index (χ0) is 20.4. The van der Waals surface area contributed by atoms with E-state index in [1.807, 2.05) is 73.3 Å². The van der Waals surface area contributed by atoms with Crippen LogP contribution in [-0.2, 0) is 7.05 Å². The van der Waals surface area contributed by atoms with E-state index in [4.69, 9.17) is 12.2 Å². The average molecular weight is 405 g/mol. The minimum atomic E-state index is -0.101. The second-order valence-corrected chi connectivity index (χ2v) is 6.82. The molecule has 0 aliphatic carbocycles. The molecule has 2 aromatic heterocycles. The molecule has 29 heavy (non-hydrogen) atoms. The zero-order valence-electron chi connectivity index (χ0n) is 15.9. The number of anilines is 2. The maximum Gasteiger partial charge on any atom is 0.295 e. The van der Waals surface area contributed by atoms with Gasteiger partial charge >= 0.3 is 0 Å². The number of aromatic amines is 1. The summed E-state index contributed by atoms with van der Waals surface area (Å²) >= 11 is 5.05. The summed E-state index contributed by atoms with van der Waals surface area (Å²) in [6, 6.07) is 17.2. The SMILES string of the molecule is Cc1c(Nc2ccc(/C=N\n3cn[nH]c3=S)cc2)c(=O)n(-c2ccccc2)n1C. The van der Waals surface area contributed by atoms with Crippen LogP contribution < -0.4 is 10.9 Å². The molecular formula is C20H19N7OS. The van der Waals surface area contributed by atoms with Crippen LogP contribution in [-0.4, -0.2) is 30.5 Å². The number of nitrogens with zero attached hydrogens (tertiary/aromatic N) is 5. The largest absolute Gasteiger partial charge is 0.349 e. The summed E-state index contributed by atoms with van der Waals surface area (Å²) < 4.78 is 5.39. The number of H-pyrrole nitrogens is 1. The monoisotopic (exact) mass is 405 g/mol. The first-order valence-electron chi connectivity index (χ1n) is 8.92. The van der Waals surface area contributed by atoms with Gasteiger partial charge in [0.15, 0.2) is 0 Å². The highest BCUT2D eigenvalue weighted by molar-refractivity contribution is 7.71. The highest BCUT2D eigenvalue weighted by atomic mass is 32.1. The van der Waals surface area contributed by atoms with Crippen LogP contribution in [0.5, 0.6) is 0 Å². The van der Waals surface area contributed by atoms with Crippen LogP contribution >= 0.6 is 12.2 Å². The fraction of sp³-hybridized carbons (Fsp3) is 0.100. The Morgan fingerprint density at radius 3 is 2.52 bits per heavy atom. The van der Waals surface area contributed by atoms with Crippen molar-refractivity contribution in [3.05, 3.63) is 87.3 Å². The van der Waals surface area contributed by atoms with E-state index in [0.29, 0.717) is 10.5 Å². The molecule has 0 aliphatic heterocycles. The van der Waals surface area contributed by atoms with Gasteiger partial charge in [0.25, 0.3) is 5.56 Å². The molecule has 8 nitrogen and oxygen atoms in total. The molecule has 9 heteroatoms. The highest BCUT2D eigenvalue weighted by Gasteiger charge is 2.16. The van der Waals surface area contributed by atoms with Crippen molar-refractivity contribution < 1.29 is 0 Å². The fourth-order valence-electron chi connectivity index (χ4n) is 2.96. The van der Waals surface area contributed by atoms with Gasteiger partial charge in [0.2, 0.25) is 4.77 Å². The lowest BCUT2D eigenvalue weighted by molar-refractivity contribution is 0.630. The molecule has 0 bridgehead atoms. The van der Waals surface area contributed by atoms with Crippen LogP contribution in [0, 0.1) is 11.7 Å². The minimum Gasteiger partial charge on any atom is -0.349 e. The Labute approximate surface area is 171 Å². The van der Waals surface area contributed by atoms with Gasteiger partial charge in [-0.25, -0.2) is 4.68 Å². The number of hydrogen-bond acceptors (Lipinski definition) is 5. The Kier molecular flexibility index (Phi) is 4.96. The summed E-state index contributed by atoms with van der Waals surface area (Å²) in [5.41, 5.74) is 3.82. The Bertz CT molecular complexity index is 1280. The first kappa shape index (κ1) is 18.6. The van der Waals surface area contributed by atoms with E-state index < -0.39 is 0 Å². The normalized spacial score (nSPS) is 11.2. The second kappa shape index (κ2) is 7.72. The molecule has 4 aromatic rings. The molecule has 0 saturated carbocycles. The van der Waals surface area contributed by atoms with Crippen molar-refractivity contribution in [2.45, 2.75) is 6.92 Å². The Hall–Kier alpha value is -3.72. The molecule has 2 aromatic carbocycles. The van der Waals surface area contributed by atoms with E-state index >= 15 is 0 Å². The van der Waals surface area contributed by atoms with Gasteiger partial charge < -0.3 is 5.32 Å². The summed E-state index contributed by atoms with van der Waals surface area (Å²) in [6.07, 6.45) is 3.19. The van der Waals surface area contributed by atoms with Crippen LogP contribution in [0.15, 0.2) is 70.8 Å². The molecule has 2 heterocycles. The zero-order valence-corrected chi connectivity index (χ0v) is 16.7. The molecule has 0 atom stereocenters. The van der Waals surface area contributed by atoms with E-state index in [-0.39, 0.29) is 5.56 Å². The van der Waals surface area contributed by atoms with Gasteiger partial charge in [0.1, 0.15) is 12.0 Å². The van der Waals surface area contributed by atoms with Gasteiger partial charge in [-0.15, -0.1) is 0 Å². The standard InChI is InChI=1S/C20H19N7OS/c1-14-18(19(28)27(25(14)2)17-6-4-3-5-7-17)23-16-10-8-15(9-11-16)12-22-26-13-21-24-20(26)29/h3-13,23H,1-2H3,(H,24,29)/b22-12-. The van der Waals surface area contributed by atoms with Crippen molar-refractivity contribution >= 4 is 29.8 Å². The molecule has 0 aliphatic rings. The quantitative estimate of drug-likeness (QED) is 0.394. The molecule has 146 valence electrons. The van der Waals surface area contributed by atoms with Gasteiger partial charge in [-0.2, -0.15) is 14.9 Å². The van der Waals surface area contributed by atoms with Gasteiger partial charge in [-0.05, 0) is 49.0 Å². The predicted octanol–water partition coefficient (Wildman–Crippen LogP) is 3.36. The van der Waals surface area contributed by atoms with Crippen molar-refractivity contribution in [1.82, 2.24) is 24.2 Å². The van der Waals surface area contributed by atoms with Gasteiger partial charge in [0.05, 0.1) is 17.6 Å². The van der Waals surface area contributed by atoms with Crippen molar-refractivity contribution in [1.29, 1.82) is 0 Å². The highest BCUT2D eigenvalue weighted by Crippen LogP contribution is 2.19. The molecule has 4 rings (SSSR count). The van der Waals surface area contributed by atoms with Gasteiger partial charge in [-0.3, -0.25) is 14.6 Å². The van der Waals surface area contributed by atoms with E-state index in [1.54, 1.807) is 10.9 Å². The van der Waals surface area contributed by atoms with Crippen molar-refractivity contribution in [2.24, 2.45) is 12.1 Å². The lowest BCUT2D eigenvalue weighted by Crippen LogP contribution is -2.20. The third-order valence-corrected chi connectivity index (χ3v) is 4.88. The van der Waals surface area contributed by atoms with E-state index in [1.165, 1.54) is 11.0 Å². The molecule has 0 radical (unpaired) electrons. The predicted molar refractivity (Wildman–Crippen MR) is 116 cm³/mol. The molecule has 0 fully saturated rings. The number of nitrogens with one attached hydrogen (secondary N) is 2. The maximum absolute atomic E-state index is 13.0. The van der Waals surface area contributed by atoms with Crippen LogP contribution in [0.2, 0.25) is 0 Å². The molecule has 0 amide bonds. The van der Waals surface area contributed by atoms with Crippen LogP contribution in [0.1, 0.15) is 11.3 Å². The first-order chi connectivity index (χ1) is 14.0. The summed E-state index contributed by atoms with van der Waals surface area (Å²) in [5, 5.41) is 13.9. The number of hydrogen-bond donors (Lipinski definition) is 2. The Morgan fingerprint density at radius 1 is 1.14 bits per heavy atom. The summed E-state index contributed by atoms with van der Waals surface area (Å²) in [5.74, 6) is 0. The topological polar surface area (TPSA) is 84.9 Å². The van der Waals surface area contributed by atoms with Crippen LogP contribution in [0.4, 0.5) is 11.4 Å². The van der Waals surface area contributed by atoms with E-state index in [0.717, 1.165) is 22.6 Å². The number of aromatic nitrogens is 5. The van der Waals surface area contributed by atoms with Crippen molar-refractivity contribution in [2.75, 3.05) is 5.32 Å². The van der Waals surface area contributed by atoms with Crippen LogP contribution in [0.25, 0.3) is 5.69 Å². The summed E-state index contributed by atoms with van der Waals surface area (Å²) in [4.78, 5) is 13.0. The minimum absolute atomic E-state index is 0.101. The maximum atomic E-state index is 13.0. The lowest BCUT2D eigenvalue weighted by atomic mass is 10.2. The number of para-hydroxylation sites is 1. The molecule has 0 spiro atoms. The Balaban J connectivity index is 1.59. The van der Waals surface area contributed by atoms with Crippen molar-refractivity contribution in [3.63, 3.8) is 0 Å².